The average molecular weight is 262 g/mol. The fraction of sp³-hybridized carbons (Fsp3) is 0.333. The lowest BCUT2D eigenvalue weighted by molar-refractivity contribution is 0.498. The molecule has 0 aliphatic carbocycles. The van der Waals surface area contributed by atoms with Gasteiger partial charge in [0, 0.05) is 12.4 Å². The van der Waals surface area contributed by atoms with Crippen LogP contribution in [0.5, 0.6) is 0 Å². The average Bonchev–Trinajstić information content (AvgIpc) is 2.45. The molecule has 0 bridgehead atoms. The van der Waals surface area contributed by atoms with Crippen LogP contribution >= 0.6 is 0 Å². The van der Waals surface area contributed by atoms with Gasteiger partial charge in [-0.05, 0) is 30.5 Å². The highest BCUT2D eigenvalue weighted by Gasteiger charge is 2.15. The molecule has 2 rings (SSSR count). The minimum Gasteiger partial charge on any atom is -0.236 e. The van der Waals surface area contributed by atoms with Gasteiger partial charge in [-0.2, -0.15) is 0 Å². The van der Waals surface area contributed by atoms with Gasteiger partial charge in [-0.25, -0.2) is 18.7 Å². The molecule has 4 heteroatoms. The van der Waals surface area contributed by atoms with Gasteiger partial charge in [0.1, 0.15) is 0 Å². The number of benzene rings is 1. The normalized spacial score (nSPS) is 10.7. The fourth-order valence-electron chi connectivity index (χ4n) is 1.96. The van der Waals surface area contributed by atoms with E-state index in [9.17, 15) is 8.78 Å². The Bertz CT molecular complexity index is 541. The van der Waals surface area contributed by atoms with Gasteiger partial charge in [0.15, 0.2) is 17.5 Å². The molecule has 0 unspecified atom stereocenters. The number of hydrogen-bond donors (Lipinski definition) is 0. The maximum Gasteiger partial charge on any atom is 0.170 e. The SMILES string of the molecule is CCCCCc1ccc(-c2ncccn2)c(F)c1F. The van der Waals surface area contributed by atoms with Gasteiger partial charge in [0.05, 0.1) is 5.56 Å². The zero-order chi connectivity index (χ0) is 13.7. The molecule has 19 heavy (non-hydrogen) atoms. The molecule has 0 atom stereocenters. The number of rotatable bonds is 5. The van der Waals surface area contributed by atoms with Crippen LogP contribution in [0.3, 0.4) is 0 Å². The number of aromatic nitrogens is 2. The predicted octanol–water partition coefficient (Wildman–Crippen LogP) is 4.15. The van der Waals surface area contributed by atoms with E-state index < -0.39 is 11.6 Å². The standard InChI is InChI=1S/C15H16F2N2/c1-2-3-4-6-11-7-8-12(14(17)13(11)16)15-18-9-5-10-19-15/h5,7-10H,2-4,6H2,1H3. The van der Waals surface area contributed by atoms with Crippen LogP contribution in [0.25, 0.3) is 11.4 Å². The number of aryl methyl sites for hydroxylation is 1. The molecule has 1 heterocycles. The maximum atomic E-state index is 14.0. The molecule has 100 valence electrons. The van der Waals surface area contributed by atoms with Crippen molar-refractivity contribution in [3.8, 4) is 11.4 Å². The molecular weight excluding hydrogens is 246 g/mol. The number of nitrogens with zero attached hydrogens (tertiary/aromatic N) is 2. The minimum atomic E-state index is -0.861. The highest BCUT2D eigenvalue weighted by molar-refractivity contribution is 5.56. The Hall–Kier alpha value is -1.84. The highest BCUT2D eigenvalue weighted by atomic mass is 19.2. The van der Waals surface area contributed by atoms with E-state index in [1.165, 1.54) is 12.4 Å². The van der Waals surface area contributed by atoms with Crippen molar-refractivity contribution in [2.45, 2.75) is 32.6 Å². The van der Waals surface area contributed by atoms with Crippen LogP contribution in [0.1, 0.15) is 31.7 Å². The number of halogens is 2. The van der Waals surface area contributed by atoms with Gasteiger partial charge in [0.25, 0.3) is 0 Å². The molecule has 0 saturated heterocycles. The number of unbranched alkanes of at least 4 members (excludes halogenated alkanes) is 2. The highest BCUT2D eigenvalue weighted by Crippen LogP contribution is 2.24. The first-order valence-electron chi connectivity index (χ1n) is 6.48. The lowest BCUT2D eigenvalue weighted by atomic mass is 10.0. The predicted molar refractivity (Wildman–Crippen MR) is 70.6 cm³/mol. The van der Waals surface area contributed by atoms with Crippen molar-refractivity contribution >= 4 is 0 Å². The van der Waals surface area contributed by atoms with Crippen molar-refractivity contribution < 1.29 is 8.78 Å². The summed E-state index contributed by atoms with van der Waals surface area (Å²) in [4.78, 5) is 7.88. The zero-order valence-electron chi connectivity index (χ0n) is 10.9. The van der Waals surface area contributed by atoms with Gasteiger partial charge in [-0.15, -0.1) is 0 Å². The third-order valence-corrected chi connectivity index (χ3v) is 3.02. The van der Waals surface area contributed by atoms with E-state index in [0.29, 0.717) is 12.0 Å². The van der Waals surface area contributed by atoms with E-state index in [1.54, 1.807) is 18.2 Å². The van der Waals surface area contributed by atoms with E-state index in [0.717, 1.165) is 19.3 Å². The summed E-state index contributed by atoms with van der Waals surface area (Å²) in [6, 6.07) is 4.81. The topological polar surface area (TPSA) is 25.8 Å². The van der Waals surface area contributed by atoms with Gasteiger partial charge < -0.3 is 0 Å². The van der Waals surface area contributed by atoms with Crippen molar-refractivity contribution in [3.63, 3.8) is 0 Å². The Morgan fingerprint density at radius 1 is 1.00 bits per heavy atom. The summed E-state index contributed by atoms with van der Waals surface area (Å²) < 4.78 is 27.9. The van der Waals surface area contributed by atoms with Crippen LogP contribution in [-0.2, 0) is 6.42 Å². The Balaban J connectivity index is 2.27. The Morgan fingerprint density at radius 3 is 2.42 bits per heavy atom. The van der Waals surface area contributed by atoms with Crippen LogP contribution in [0.15, 0.2) is 30.6 Å². The van der Waals surface area contributed by atoms with E-state index >= 15 is 0 Å². The molecule has 0 N–H and O–H groups in total. The summed E-state index contributed by atoms with van der Waals surface area (Å²) in [7, 11) is 0. The summed E-state index contributed by atoms with van der Waals surface area (Å²) in [5, 5.41) is 0. The largest absolute Gasteiger partial charge is 0.236 e. The molecule has 0 aliphatic rings. The van der Waals surface area contributed by atoms with Gasteiger partial charge in [-0.3, -0.25) is 0 Å². The third-order valence-electron chi connectivity index (χ3n) is 3.02. The van der Waals surface area contributed by atoms with E-state index in [1.807, 2.05) is 0 Å². The molecule has 0 spiro atoms. The van der Waals surface area contributed by atoms with E-state index in [4.69, 9.17) is 0 Å². The van der Waals surface area contributed by atoms with Crippen LogP contribution in [0.4, 0.5) is 8.78 Å². The van der Waals surface area contributed by atoms with Gasteiger partial charge in [0.2, 0.25) is 0 Å². The molecule has 2 aromatic rings. The van der Waals surface area contributed by atoms with Crippen LogP contribution < -0.4 is 0 Å². The fourth-order valence-corrected chi connectivity index (χ4v) is 1.96. The van der Waals surface area contributed by atoms with E-state index in [-0.39, 0.29) is 11.4 Å². The van der Waals surface area contributed by atoms with Gasteiger partial charge in [-0.1, -0.05) is 25.8 Å². The maximum absolute atomic E-state index is 14.0. The molecule has 1 aromatic carbocycles. The van der Waals surface area contributed by atoms with Crippen molar-refractivity contribution in [1.82, 2.24) is 9.97 Å². The first-order chi connectivity index (χ1) is 9.24. The Morgan fingerprint density at radius 2 is 1.74 bits per heavy atom. The van der Waals surface area contributed by atoms with Crippen LogP contribution in [0, 0.1) is 11.6 Å². The first kappa shape index (κ1) is 13.6. The molecule has 0 amide bonds. The number of hydrogen-bond acceptors (Lipinski definition) is 2. The van der Waals surface area contributed by atoms with Gasteiger partial charge >= 0.3 is 0 Å². The molecule has 0 radical (unpaired) electrons. The molecule has 2 nitrogen and oxygen atoms in total. The summed E-state index contributed by atoms with van der Waals surface area (Å²) >= 11 is 0. The second-order valence-electron chi connectivity index (χ2n) is 4.43. The van der Waals surface area contributed by atoms with Crippen molar-refractivity contribution in [2.75, 3.05) is 0 Å². The minimum absolute atomic E-state index is 0.109. The Labute approximate surface area is 111 Å². The summed E-state index contributed by atoms with van der Waals surface area (Å²) in [5.74, 6) is -1.43. The molecule has 0 fully saturated rings. The van der Waals surface area contributed by atoms with Crippen LogP contribution in [0.2, 0.25) is 0 Å². The monoisotopic (exact) mass is 262 g/mol. The third kappa shape index (κ3) is 3.13. The summed E-state index contributed by atoms with van der Waals surface area (Å²) in [5.41, 5.74) is 0.531. The lowest BCUT2D eigenvalue weighted by Crippen LogP contribution is -1.99. The Kier molecular flexibility index (Phi) is 4.55. The second-order valence-corrected chi connectivity index (χ2v) is 4.43. The summed E-state index contributed by atoms with van der Waals surface area (Å²) in [6.07, 6.45) is 6.52. The van der Waals surface area contributed by atoms with Crippen molar-refractivity contribution in [2.24, 2.45) is 0 Å². The molecular formula is C15H16F2N2. The van der Waals surface area contributed by atoms with Crippen molar-refractivity contribution in [3.05, 3.63) is 47.8 Å². The molecule has 1 aromatic heterocycles. The summed E-state index contributed by atoms with van der Waals surface area (Å²) in [6.45, 7) is 2.08. The first-order valence-corrected chi connectivity index (χ1v) is 6.48. The smallest absolute Gasteiger partial charge is 0.170 e. The molecule has 0 aliphatic heterocycles. The lowest BCUT2D eigenvalue weighted by Gasteiger charge is -2.07. The molecule has 0 saturated carbocycles. The van der Waals surface area contributed by atoms with Crippen LogP contribution in [-0.4, -0.2) is 9.97 Å². The van der Waals surface area contributed by atoms with E-state index in [2.05, 4.69) is 16.9 Å². The quantitative estimate of drug-likeness (QED) is 0.756. The zero-order valence-corrected chi connectivity index (χ0v) is 10.9. The van der Waals surface area contributed by atoms with Crippen molar-refractivity contribution in [1.29, 1.82) is 0 Å². The second kappa shape index (κ2) is 6.36.